The van der Waals surface area contributed by atoms with Gasteiger partial charge in [-0.1, -0.05) is 6.42 Å². The summed E-state index contributed by atoms with van der Waals surface area (Å²) in [5, 5.41) is 7.23. The zero-order valence-corrected chi connectivity index (χ0v) is 9.44. The summed E-state index contributed by atoms with van der Waals surface area (Å²) in [6.45, 7) is 6.13. The van der Waals surface area contributed by atoms with Crippen LogP contribution in [0.1, 0.15) is 45.4 Å². The molecule has 0 saturated carbocycles. The molecule has 2 heterocycles. The van der Waals surface area contributed by atoms with Crippen LogP contribution in [0, 0.1) is 5.92 Å². The molecule has 14 heavy (non-hydrogen) atoms. The maximum atomic E-state index is 3.71. The Morgan fingerprint density at radius 3 is 2.79 bits per heavy atom. The van der Waals surface area contributed by atoms with E-state index in [1.165, 1.54) is 58.2 Å². The second-order valence-electron chi connectivity index (χ2n) is 5.36. The van der Waals surface area contributed by atoms with Gasteiger partial charge in [-0.2, -0.15) is 0 Å². The van der Waals surface area contributed by atoms with E-state index in [4.69, 9.17) is 0 Å². The van der Waals surface area contributed by atoms with Crippen molar-refractivity contribution in [2.45, 2.75) is 51.0 Å². The molecule has 2 aliphatic rings. The Labute approximate surface area is 87.8 Å². The van der Waals surface area contributed by atoms with E-state index >= 15 is 0 Å². The van der Waals surface area contributed by atoms with Gasteiger partial charge < -0.3 is 10.6 Å². The van der Waals surface area contributed by atoms with Gasteiger partial charge in [-0.15, -0.1) is 0 Å². The van der Waals surface area contributed by atoms with Crippen LogP contribution in [0.25, 0.3) is 0 Å². The molecule has 82 valence electrons. The average Bonchev–Trinajstić information content (AvgIpc) is 2.19. The van der Waals surface area contributed by atoms with Gasteiger partial charge in [0.05, 0.1) is 0 Å². The topological polar surface area (TPSA) is 24.1 Å². The molecule has 2 saturated heterocycles. The third kappa shape index (κ3) is 2.71. The highest BCUT2D eigenvalue weighted by Crippen LogP contribution is 2.28. The highest BCUT2D eigenvalue weighted by molar-refractivity contribution is 4.89. The molecule has 0 aromatic rings. The molecule has 0 aliphatic carbocycles. The van der Waals surface area contributed by atoms with E-state index in [0.29, 0.717) is 5.54 Å². The second kappa shape index (κ2) is 4.63. The van der Waals surface area contributed by atoms with Crippen molar-refractivity contribution in [3.05, 3.63) is 0 Å². The molecule has 0 radical (unpaired) electrons. The first-order chi connectivity index (χ1) is 6.79. The smallest absolute Gasteiger partial charge is 0.0156 e. The van der Waals surface area contributed by atoms with Crippen LogP contribution in [0.3, 0.4) is 0 Å². The van der Waals surface area contributed by atoms with Crippen molar-refractivity contribution in [1.29, 1.82) is 0 Å². The fraction of sp³-hybridized carbons (Fsp3) is 1.00. The monoisotopic (exact) mass is 196 g/mol. The van der Waals surface area contributed by atoms with Crippen molar-refractivity contribution in [1.82, 2.24) is 10.6 Å². The van der Waals surface area contributed by atoms with E-state index < -0.39 is 0 Å². The minimum atomic E-state index is 0.446. The molecule has 0 amide bonds. The Balaban J connectivity index is 1.81. The van der Waals surface area contributed by atoms with Crippen LogP contribution in [0.5, 0.6) is 0 Å². The van der Waals surface area contributed by atoms with Crippen LogP contribution in [0.15, 0.2) is 0 Å². The molecule has 0 aromatic heterocycles. The first kappa shape index (κ1) is 10.4. The van der Waals surface area contributed by atoms with E-state index in [1.807, 2.05) is 0 Å². The summed E-state index contributed by atoms with van der Waals surface area (Å²) in [4.78, 5) is 0. The first-order valence-electron chi connectivity index (χ1n) is 6.24. The zero-order valence-electron chi connectivity index (χ0n) is 9.44. The largest absolute Gasteiger partial charge is 0.316 e. The predicted molar refractivity (Wildman–Crippen MR) is 60.5 cm³/mol. The van der Waals surface area contributed by atoms with Crippen LogP contribution >= 0.6 is 0 Å². The van der Waals surface area contributed by atoms with E-state index in [2.05, 4.69) is 17.6 Å². The molecular weight excluding hydrogens is 172 g/mol. The molecule has 0 aromatic carbocycles. The molecule has 2 aliphatic heterocycles. The van der Waals surface area contributed by atoms with Crippen molar-refractivity contribution >= 4 is 0 Å². The fourth-order valence-corrected chi connectivity index (χ4v) is 3.03. The van der Waals surface area contributed by atoms with Gasteiger partial charge in [0.1, 0.15) is 0 Å². The van der Waals surface area contributed by atoms with Crippen LogP contribution < -0.4 is 10.6 Å². The molecule has 2 unspecified atom stereocenters. The Bertz CT molecular complexity index is 167. The Morgan fingerprint density at radius 1 is 1.21 bits per heavy atom. The lowest BCUT2D eigenvalue weighted by Gasteiger charge is -2.39. The fourth-order valence-electron chi connectivity index (χ4n) is 3.03. The van der Waals surface area contributed by atoms with Gasteiger partial charge in [-0.25, -0.2) is 0 Å². The third-order valence-electron chi connectivity index (χ3n) is 3.85. The second-order valence-corrected chi connectivity index (χ2v) is 5.36. The molecule has 2 heteroatoms. The first-order valence-corrected chi connectivity index (χ1v) is 6.24. The SMILES string of the molecule is CC1(CC2CCCNC2)CCCCN1. The number of piperidine rings is 2. The predicted octanol–water partition coefficient (Wildman–Crippen LogP) is 1.91. The molecule has 2 rings (SSSR count). The summed E-state index contributed by atoms with van der Waals surface area (Å²) in [7, 11) is 0. The zero-order chi connectivity index (χ0) is 9.86. The van der Waals surface area contributed by atoms with E-state index in [-0.39, 0.29) is 0 Å². The summed E-state index contributed by atoms with van der Waals surface area (Å²) in [6, 6.07) is 0. The van der Waals surface area contributed by atoms with Gasteiger partial charge in [0.15, 0.2) is 0 Å². The summed E-state index contributed by atoms with van der Waals surface area (Å²) in [5.74, 6) is 0.916. The quantitative estimate of drug-likeness (QED) is 0.705. The maximum absolute atomic E-state index is 3.71. The van der Waals surface area contributed by atoms with Crippen molar-refractivity contribution in [2.24, 2.45) is 5.92 Å². The summed E-state index contributed by atoms with van der Waals surface area (Å²) in [5.41, 5.74) is 0.446. The van der Waals surface area contributed by atoms with Crippen LogP contribution in [-0.2, 0) is 0 Å². The van der Waals surface area contributed by atoms with Crippen LogP contribution in [0.4, 0.5) is 0 Å². The van der Waals surface area contributed by atoms with Gasteiger partial charge in [-0.05, 0) is 64.6 Å². The Hall–Kier alpha value is -0.0800. The summed E-state index contributed by atoms with van der Waals surface area (Å²) >= 11 is 0. The van der Waals surface area contributed by atoms with Crippen LogP contribution in [0.2, 0.25) is 0 Å². The van der Waals surface area contributed by atoms with Crippen molar-refractivity contribution in [3.8, 4) is 0 Å². The van der Waals surface area contributed by atoms with Crippen LogP contribution in [-0.4, -0.2) is 25.2 Å². The third-order valence-corrected chi connectivity index (χ3v) is 3.85. The van der Waals surface area contributed by atoms with Gasteiger partial charge in [0.2, 0.25) is 0 Å². The summed E-state index contributed by atoms with van der Waals surface area (Å²) in [6.07, 6.45) is 8.36. The highest BCUT2D eigenvalue weighted by Gasteiger charge is 2.29. The minimum Gasteiger partial charge on any atom is -0.316 e. The lowest BCUT2D eigenvalue weighted by Crippen LogP contribution is -2.48. The number of hydrogen-bond donors (Lipinski definition) is 2. The number of nitrogens with one attached hydrogen (secondary N) is 2. The average molecular weight is 196 g/mol. The molecule has 2 atom stereocenters. The van der Waals surface area contributed by atoms with Gasteiger partial charge in [0, 0.05) is 5.54 Å². The van der Waals surface area contributed by atoms with E-state index in [0.717, 1.165) is 5.92 Å². The minimum absolute atomic E-state index is 0.446. The van der Waals surface area contributed by atoms with Crippen molar-refractivity contribution in [2.75, 3.05) is 19.6 Å². The summed E-state index contributed by atoms with van der Waals surface area (Å²) < 4.78 is 0. The van der Waals surface area contributed by atoms with E-state index in [9.17, 15) is 0 Å². The molecule has 0 spiro atoms. The van der Waals surface area contributed by atoms with Crippen molar-refractivity contribution < 1.29 is 0 Å². The van der Waals surface area contributed by atoms with Gasteiger partial charge in [0.25, 0.3) is 0 Å². The molecule has 0 bridgehead atoms. The Kier molecular flexibility index (Phi) is 3.45. The molecule has 2 N–H and O–H groups in total. The highest BCUT2D eigenvalue weighted by atomic mass is 15.0. The standard InChI is InChI=1S/C12H24N2/c1-12(6-2-3-8-14-12)9-11-5-4-7-13-10-11/h11,13-14H,2-10H2,1H3. The number of hydrogen-bond acceptors (Lipinski definition) is 2. The van der Waals surface area contributed by atoms with Gasteiger partial charge in [-0.3, -0.25) is 0 Å². The lowest BCUT2D eigenvalue weighted by molar-refractivity contribution is 0.203. The van der Waals surface area contributed by atoms with Gasteiger partial charge >= 0.3 is 0 Å². The lowest BCUT2D eigenvalue weighted by atomic mass is 9.80. The molecule has 2 nitrogen and oxygen atoms in total. The normalized spacial score (nSPS) is 39.6. The molecular formula is C12H24N2. The van der Waals surface area contributed by atoms with E-state index in [1.54, 1.807) is 0 Å². The number of rotatable bonds is 2. The Morgan fingerprint density at radius 2 is 2.14 bits per heavy atom. The maximum Gasteiger partial charge on any atom is 0.0156 e. The van der Waals surface area contributed by atoms with Crippen molar-refractivity contribution in [3.63, 3.8) is 0 Å². The molecule has 2 fully saturated rings.